The van der Waals surface area contributed by atoms with Gasteiger partial charge in [-0.25, -0.2) is 0 Å². The molecule has 0 spiro atoms. The smallest absolute Gasteiger partial charge is 0.303 e. The summed E-state index contributed by atoms with van der Waals surface area (Å²) in [6.07, 6.45) is -10.6. The molecule has 10 atom stereocenters. The summed E-state index contributed by atoms with van der Waals surface area (Å²) in [4.78, 5) is 13.1. The fourth-order valence-corrected chi connectivity index (χ4v) is 8.30. The average Bonchev–Trinajstić information content (AvgIpc) is 3.38. The number of aliphatic hydroxyl groups is 1. The number of ether oxygens (including phenoxy) is 10. The van der Waals surface area contributed by atoms with Crippen LogP contribution in [0.25, 0.3) is 0 Å². The van der Waals surface area contributed by atoms with E-state index >= 15 is 0 Å². The number of carbonyl (C=O) groups excluding carboxylic acids is 1. The van der Waals surface area contributed by atoms with Gasteiger partial charge in [0.25, 0.3) is 0 Å². The van der Waals surface area contributed by atoms with Gasteiger partial charge in [-0.1, -0.05) is 182 Å². The first-order chi connectivity index (χ1) is 33.5. The van der Waals surface area contributed by atoms with Crippen molar-refractivity contribution in [2.45, 2.75) is 108 Å². The van der Waals surface area contributed by atoms with Crippen molar-refractivity contribution in [2.24, 2.45) is 0 Å². The molecule has 0 bridgehead atoms. The molecule has 6 aromatic rings. The molecule has 8 rings (SSSR count). The Morgan fingerprint density at radius 1 is 0.412 bits per heavy atom. The van der Waals surface area contributed by atoms with E-state index in [1.807, 2.05) is 182 Å². The lowest BCUT2D eigenvalue weighted by Gasteiger charge is -2.48. The Kier molecular flexibility index (Phi) is 18.4. The predicted molar refractivity (Wildman–Crippen MR) is 252 cm³/mol. The van der Waals surface area contributed by atoms with Crippen LogP contribution in [-0.2, 0) is 91.8 Å². The van der Waals surface area contributed by atoms with Gasteiger partial charge >= 0.3 is 5.97 Å². The maximum Gasteiger partial charge on any atom is 0.303 e. The molecule has 0 aliphatic carbocycles. The molecule has 68 heavy (non-hydrogen) atoms. The minimum Gasteiger partial charge on any atom is -0.454 e. The third kappa shape index (κ3) is 14.2. The summed E-state index contributed by atoms with van der Waals surface area (Å²) in [5, 5.41) is 12.5. The van der Waals surface area contributed by atoms with Crippen molar-refractivity contribution in [1.29, 1.82) is 0 Å². The van der Waals surface area contributed by atoms with E-state index in [1.165, 1.54) is 6.92 Å². The Bertz CT molecular complexity index is 2330. The Balaban J connectivity index is 1.12. The standard InChI is InChI=1S/C56H60O12/c1-40(57)65-54-53(64-37-46-30-18-7-19-31-46)51(62-35-44-26-14-5-15-27-44)48(39-60-33-42-22-10-3-11-23-42)67-56(54)68-55-49(58)52(63-36-45-28-16-6-17-29-45)50(61-34-43-24-12-4-13-25-43)47(66-55)38-59-32-41-20-8-2-9-21-41/h2-31,47-56,58H,32-39H2,1H3/t47-,48-,49+,50-,51-,52-,53+,54-,55+,56+/m1/s1. The van der Waals surface area contributed by atoms with Crippen LogP contribution in [0, 0.1) is 0 Å². The van der Waals surface area contributed by atoms with Gasteiger partial charge in [0.2, 0.25) is 6.29 Å². The molecule has 0 amide bonds. The van der Waals surface area contributed by atoms with E-state index in [-0.39, 0.29) is 39.6 Å². The second kappa shape index (κ2) is 25.7. The van der Waals surface area contributed by atoms with Crippen LogP contribution in [-0.4, -0.2) is 85.7 Å². The minimum absolute atomic E-state index is 0.0500. The fraction of sp³-hybridized carbons (Fsp3) is 0.339. The van der Waals surface area contributed by atoms with Crippen molar-refractivity contribution in [3.63, 3.8) is 0 Å². The van der Waals surface area contributed by atoms with Gasteiger partial charge in [-0.05, 0) is 33.4 Å². The third-order valence-electron chi connectivity index (χ3n) is 11.7. The lowest BCUT2D eigenvalue weighted by molar-refractivity contribution is -0.387. The fourth-order valence-electron chi connectivity index (χ4n) is 8.30. The molecule has 6 aromatic carbocycles. The average molecular weight is 925 g/mol. The normalized spacial score (nSPS) is 24.9. The number of esters is 1. The van der Waals surface area contributed by atoms with E-state index in [0.717, 1.165) is 33.4 Å². The van der Waals surface area contributed by atoms with Crippen LogP contribution in [0.1, 0.15) is 40.3 Å². The second-order valence-electron chi connectivity index (χ2n) is 16.8. The van der Waals surface area contributed by atoms with Crippen LogP contribution in [0.4, 0.5) is 0 Å². The van der Waals surface area contributed by atoms with Crippen LogP contribution >= 0.6 is 0 Å². The molecule has 0 unspecified atom stereocenters. The molecule has 1 N–H and O–H groups in total. The van der Waals surface area contributed by atoms with E-state index in [0.29, 0.717) is 13.2 Å². The van der Waals surface area contributed by atoms with Crippen LogP contribution in [0.15, 0.2) is 182 Å². The molecule has 2 aliphatic rings. The summed E-state index contributed by atoms with van der Waals surface area (Å²) >= 11 is 0. The van der Waals surface area contributed by atoms with Crippen molar-refractivity contribution >= 4 is 5.97 Å². The molecule has 12 nitrogen and oxygen atoms in total. The Morgan fingerprint density at radius 2 is 0.721 bits per heavy atom. The van der Waals surface area contributed by atoms with E-state index < -0.39 is 67.4 Å². The van der Waals surface area contributed by atoms with Gasteiger partial charge in [-0.2, -0.15) is 0 Å². The molecule has 2 saturated heterocycles. The molecule has 2 fully saturated rings. The predicted octanol–water partition coefficient (Wildman–Crippen LogP) is 8.52. The Labute approximate surface area is 398 Å². The lowest BCUT2D eigenvalue weighted by Crippen LogP contribution is -2.65. The summed E-state index contributed by atoms with van der Waals surface area (Å²) in [6.45, 7) is 2.73. The molecule has 12 heteroatoms. The van der Waals surface area contributed by atoms with Crippen LogP contribution in [0.2, 0.25) is 0 Å². The highest BCUT2D eigenvalue weighted by Crippen LogP contribution is 2.35. The SMILES string of the molecule is CC(=O)O[C@H]1[C@H](O[C@@H]2O[C@H](COCc3ccccc3)[C@@H](OCc3ccccc3)[C@H](OCc3ccccc3)[C@@H]2O)O[C@H](COCc2ccccc2)[C@@H](OCc2ccccc2)[C@@H]1OCc1ccccc1. The van der Waals surface area contributed by atoms with Crippen LogP contribution in [0.5, 0.6) is 0 Å². The number of hydrogen-bond donors (Lipinski definition) is 1. The van der Waals surface area contributed by atoms with Crippen molar-refractivity contribution in [3.8, 4) is 0 Å². The van der Waals surface area contributed by atoms with Gasteiger partial charge in [-0.15, -0.1) is 0 Å². The van der Waals surface area contributed by atoms with E-state index in [9.17, 15) is 9.90 Å². The summed E-state index contributed by atoms with van der Waals surface area (Å²) in [7, 11) is 0. The molecule has 2 heterocycles. The maximum atomic E-state index is 13.1. The van der Waals surface area contributed by atoms with Gasteiger partial charge in [-0.3, -0.25) is 4.79 Å². The van der Waals surface area contributed by atoms with Crippen molar-refractivity contribution in [1.82, 2.24) is 0 Å². The van der Waals surface area contributed by atoms with Crippen molar-refractivity contribution in [2.75, 3.05) is 13.2 Å². The van der Waals surface area contributed by atoms with Crippen LogP contribution < -0.4 is 0 Å². The van der Waals surface area contributed by atoms with E-state index in [1.54, 1.807) is 0 Å². The number of aliphatic hydroxyl groups excluding tert-OH is 1. The van der Waals surface area contributed by atoms with Crippen LogP contribution in [0.3, 0.4) is 0 Å². The lowest BCUT2D eigenvalue weighted by atomic mass is 9.96. The zero-order valence-electron chi connectivity index (χ0n) is 38.2. The highest BCUT2D eigenvalue weighted by molar-refractivity contribution is 5.66. The molecule has 0 radical (unpaired) electrons. The summed E-state index contributed by atoms with van der Waals surface area (Å²) in [5.74, 6) is -0.600. The summed E-state index contributed by atoms with van der Waals surface area (Å²) < 4.78 is 65.8. The molecule has 356 valence electrons. The third-order valence-corrected chi connectivity index (χ3v) is 11.7. The molecule has 2 aliphatic heterocycles. The molecular formula is C56H60O12. The van der Waals surface area contributed by atoms with E-state index in [4.69, 9.17) is 47.4 Å². The highest BCUT2D eigenvalue weighted by Gasteiger charge is 2.54. The molecular weight excluding hydrogens is 865 g/mol. The zero-order valence-corrected chi connectivity index (χ0v) is 38.2. The van der Waals surface area contributed by atoms with Gasteiger partial charge in [0.1, 0.15) is 42.7 Å². The Hall–Kier alpha value is -5.61. The van der Waals surface area contributed by atoms with Gasteiger partial charge in [0, 0.05) is 6.92 Å². The first-order valence-corrected chi connectivity index (χ1v) is 23.1. The maximum absolute atomic E-state index is 13.1. The largest absolute Gasteiger partial charge is 0.454 e. The first kappa shape index (κ1) is 48.8. The van der Waals surface area contributed by atoms with Gasteiger partial charge in [0.15, 0.2) is 12.4 Å². The monoisotopic (exact) mass is 924 g/mol. The summed E-state index contributed by atoms with van der Waals surface area (Å²) in [6, 6.07) is 58.5. The molecule has 0 saturated carbocycles. The second-order valence-corrected chi connectivity index (χ2v) is 16.8. The minimum atomic E-state index is -1.44. The first-order valence-electron chi connectivity index (χ1n) is 23.1. The topological polar surface area (TPSA) is 130 Å². The Morgan fingerprint density at radius 3 is 1.09 bits per heavy atom. The van der Waals surface area contributed by atoms with Crippen molar-refractivity contribution < 1.29 is 57.3 Å². The highest BCUT2D eigenvalue weighted by atomic mass is 16.8. The zero-order chi connectivity index (χ0) is 46.8. The number of rotatable bonds is 23. The summed E-state index contributed by atoms with van der Waals surface area (Å²) in [5.41, 5.74) is 5.58. The van der Waals surface area contributed by atoms with E-state index in [2.05, 4.69) is 0 Å². The number of benzene rings is 6. The van der Waals surface area contributed by atoms with Gasteiger partial charge < -0.3 is 52.5 Å². The van der Waals surface area contributed by atoms with Crippen molar-refractivity contribution in [3.05, 3.63) is 215 Å². The number of hydrogen-bond acceptors (Lipinski definition) is 12. The molecule has 0 aromatic heterocycles. The van der Waals surface area contributed by atoms with Gasteiger partial charge in [0.05, 0.1) is 52.9 Å². The quantitative estimate of drug-likeness (QED) is 0.0619. The number of carbonyl (C=O) groups is 1.